The summed E-state index contributed by atoms with van der Waals surface area (Å²) in [6, 6.07) is 149. The highest BCUT2D eigenvalue weighted by molar-refractivity contribution is 14.1. The molecule has 4 heterocycles. The zero-order valence-corrected chi connectivity index (χ0v) is 70.3. The molecule has 0 saturated carbocycles. The maximum absolute atomic E-state index is 14.6. The van der Waals surface area contributed by atoms with E-state index in [0.717, 1.165) is 134 Å². The molecular formula is C113H83F6IN8. The SMILES string of the molecule is C.F.F.Fc1ccc(N(c2ccc(-c3ccc(N(c4ccc(F)cc4)c4ccc5c(c4)c4ccccc4n5-c4ccccc4)c4ccccc34)cc2)c2ccc3c(c2)c2ccccc2n3-c2ccccc2)cc1.Fc1ccc(Nc2ccc3c(c2)c2ccccc2n3-c2ccccc2)cc1.Ic1ccc2c(c1)c1ccccc1n2-c1ccccc1.Nc1ccc(F)cc1. The number of nitrogens with one attached hydrogen (secondary N) is 1. The van der Waals surface area contributed by atoms with Crippen molar-refractivity contribution in [2.24, 2.45) is 0 Å². The molecular weight excluding hydrogens is 1710 g/mol. The summed E-state index contributed by atoms with van der Waals surface area (Å²) in [5.74, 6) is -1.06. The molecule has 23 aromatic rings. The van der Waals surface area contributed by atoms with Crippen molar-refractivity contribution in [3.05, 3.63) is 476 Å². The summed E-state index contributed by atoms with van der Waals surface area (Å²) < 4.78 is 64.8. The van der Waals surface area contributed by atoms with Crippen LogP contribution in [0.25, 0.3) is 132 Å². The summed E-state index contributed by atoms with van der Waals surface area (Å²) in [6.45, 7) is 0. The van der Waals surface area contributed by atoms with Gasteiger partial charge in [-0.1, -0.05) is 195 Å². The van der Waals surface area contributed by atoms with Crippen molar-refractivity contribution in [1.29, 1.82) is 0 Å². The lowest BCUT2D eigenvalue weighted by Crippen LogP contribution is -2.11. The Hall–Kier alpha value is -15.9. The summed E-state index contributed by atoms with van der Waals surface area (Å²) in [7, 11) is 0. The number of nitrogens with two attached hydrogens (primary N) is 1. The summed E-state index contributed by atoms with van der Waals surface area (Å²) in [6.07, 6.45) is 0. The Kier molecular flexibility index (Phi) is 24.3. The quantitative estimate of drug-likeness (QED) is 0.0686. The summed E-state index contributed by atoms with van der Waals surface area (Å²) in [4.78, 5) is 4.42. The Balaban J connectivity index is 0.000000160. The zero-order chi connectivity index (χ0) is 84.4. The van der Waals surface area contributed by atoms with Crippen molar-refractivity contribution >= 4 is 172 Å². The third kappa shape index (κ3) is 16.5. The van der Waals surface area contributed by atoms with Crippen LogP contribution in [-0.2, 0) is 0 Å². The lowest BCUT2D eigenvalue weighted by molar-refractivity contribution is 0.627. The average Bonchev–Trinajstić information content (AvgIpc) is 1.58. The highest BCUT2D eigenvalue weighted by atomic mass is 127. The Morgan fingerprint density at radius 1 is 0.234 bits per heavy atom. The first-order chi connectivity index (χ1) is 61.5. The number of hydrogen-bond acceptors (Lipinski definition) is 4. The second-order valence-electron chi connectivity index (χ2n) is 30.6. The van der Waals surface area contributed by atoms with Crippen molar-refractivity contribution in [2.45, 2.75) is 7.43 Å². The molecule has 0 spiro atoms. The van der Waals surface area contributed by atoms with Gasteiger partial charge in [0.1, 0.15) is 23.3 Å². The number of rotatable bonds is 13. The number of para-hydroxylation sites is 8. The standard InChI is InChI=1S/C64H42F2N4.C24H17FN2.C18H12IN.C6H6FN.CH4.2FH/c65-44-25-31-49(32-26-44)67(51-35-38-63-58(41-51)56-19-9-11-21-60(56)69(63)46-13-3-1-4-14-46)48-29-23-43(24-30-48)53-37-40-62(55-18-8-7-17-54(53)55)68(50-33-27-45(66)28-34-50)52-36-39-64-59(42-52)57-20-10-12-22-61(57)70(64)47-15-5-2-6-16-47;25-17-10-12-18(13-11-17)26-19-14-15-24-22(16-19)21-8-4-5-9-23(21)27(24)20-6-2-1-3-7-20;19-13-10-11-18-16(12-13)15-8-4-5-9-17(15)20(18)14-6-2-1-3-7-14;7-5-1-3-6(8)4-2-5;;;/h1-42H;1-16,26H;1-12H;1-4H,8H2;1H4;2*1H. The van der Waals surface area contributed by atoms with Gasteiger partial charge in [-0.2, -0.15) is 0 Å². The van der Waals surface area contributed by atoms with Gasteiger partial charge in [0.25, 0.3) is 0 Å². The molecule has 0 unspecified atom stereocenters. The normalized spacial score (nSPS) is 11.0. The fourth-order valence-electron chi connectivity index (χ4n) is 17.4. The number of nitrogens with zero attached hydrogens (tertiary/aromatic N) is 6. The largest absolute Gasteiger partial charge is 0.399 e. The predicted octanol–water partition coefficient (Wildman–Crippen LogP) is 32.3. The Bertz CT molecular complexity index is 7850. The Morgan fingerprint density at radius 3 is 0.930 bits per heavy atom. The van der Waals surface area contributed by atoms with Crippen molar-refractivity contribution in [3.63, 3.8) is 0 Å². The average molecular weight is 1790 g/mol. The molecule has 0 aliphatic rings. The Morgan fingerprint density at radius 2 is 0.523 bits per heavy atom. The highest BCUT2D eigenvalue weighted by Gasteiger charge is 2.24. The first kappa shape index (κ1) is 84.4. The second-order valence-corrected chi connectivity index (χ2v) is 31.8. The summed E-state index contributed by atoms with van der Waals surface area (Å²) >= 11 is 2.38. The number of fused-ring (bicyclic) bond motifs is 13. The maximum atomic E-state index is 14.6. The van der Waals surface area contributed by atoms with E-state index >= 15 is 0 Å². The van der Waals surface area contributed by atoms with Crippen LogP contribution in [0.1, 0.15) is 7.43 Å². The fourth-order valence-corrected chi connectivity index (χ4v) is 17.8. The van der Waals surface area contributed by atoms with Gasteiger partial charge in [-0.3, -0.25) is 9.41 Å². The van der Waals surface area contributed by atoms with Crippen LogP contribution < -0.4 is 20.9 Å². The molecule has 0 atom stereocenters. The molecule has 0 amide bonds. The molecule has 0 saturated heterocycles. The summed E-state index contributed by atoms with van der Waals surface area (Å²) in [5.41, 5.74) is 29.2. The van der Waals surface area contributed by atoms with Crippen LogP contribution in [0.4, 0.5) is 78.2 Å². The van der Waals surface area contributed by atoms with E-state index in [0.29, 0.717) is 5.69 Å². The minimum atomic E-state index is -0.289. The van der Waals surface area contributed by atoms with Gasteiger partial charge in [-0.25, -0.2) is 17.6 Å². The molecule has 0 radical (unpaired) electrons. The van der Waals surface area contributed by atoms with E-state index < -0.39 is 0 Å². The molecule has 128 heavy (non-hydrogen) atoms. The second kappa shape index (κ2) is 36.9. The molecule has 3 N–H and O–H groups in total. The van der Waals surface area contributed by atoms with Crippen LogP contribution in [0.3, 0.4) is 0 Å². The van der Waals surface area contributed by atoms with Crippen LogP contribution in [0.2, 0.25) is 0 Å². The molecule has 19 aromatic carbocycles. The predicted molar refractivity (Wildman–Crippen MR) is 534 cm³/mol. The van der Waals surface area contributed by atoms with Gasteiger partial charge in [0.15, 0.2) is 0 Å². The number of hydrogen-bond donors (Lipinski definition) is 2. The van der Waals surface area contributed by atoms with Crippen LogP contribution in [-0.4, -0.2) is 18.3 Å². The summed E-state index contributed by atoms with van der Waals surface area (Å²) in [5, 5.41) is 15.1. The van der Waals surface area contributed by atoms with E-state index in [9.17, 15) is 17.6 Å². The minimum Gasteiger partial charge on any atom is -0.399 e. The number of anilines is 9. The van der Waals surface area contributed by atoms with Crippen molar-refractivity contribution in [3.8, 4) is 33.9 Å². The van der Waals surface area contributed by atoms with Gasteiger partial charge in [0.2, 0.25) is 0 Å². The van der Waals surface area contributed by atoms with E-state index in [2.05, 4.69) is 390 Å². The van der Waals surface area contributed by atoms with Crippen molar-refractivity contribution in [2.75, 3.05) is 20.9 Å². The molecule has 0 fully saturated rings. The van der Waals surface area contributed by atoms with Gasteiger partial charge in [0.05, 0.1) is 49.8 Å². The molecule has 0 aliphatic heterocycles. The lowest BCUT2D eigenvalue weighted by Gasteiger charge is -2.28. The topological polar surface area (TPSA) is 64.2 Å². The van der Waals surface area contributed by atoms with Crippen LogP contribution >= 0.6 is 22.6 Å². The van der Waals surface area contributed by atoms with Crippen LogP contribution in [0.5, 0.6) is 0 Å². The number of nitrogen functional groups attached to an aromatic ring is 1. The van der Waals surface area contributed by atoms with E-state index in [-0.39, 0.29) is 40.1 Å². The first-order valence-corrected chi connectivity index (χ1v) is 42.3. The van der Waals surface area contributed by atoms with Crippen LogP contribution in [0, 0.1) is 26.8 Å². The number of halogens is 7. The molecule has 15 heteroatoms. The molecule has 4 aromatic heterocycles. The number of aromatic nitrogens is 4. The van der Waals surface area contributed by atoms with Crippen LogP contribution in [0.15, 0.2) is 449 Å². The zero-order valence-electron chi connectivity index (χ0n) is 68.2. The van der Waals surface area contributed by atoms with Crippen molar-refractivity contribution < 1.29 is 27.0 Å². The van der Waals surface area contributed by atoms with Gasteiger partial charge >= 0.3 is 0 Å². The third-order valence-corrected chi connectivity index (χ3v) is 23.6. The molecule has 0 aliphatic carbocycles. The molecule has 0 bridgehead atoms. The number of benzene rings is 19. The van der Waals surface area contributed by atoms with E-state index in [4.69, 9.17) is 5.73 Å². The molecule has 8 nitrogen and oxygen atoms in total. The van der Waals surface area contributed by atoms with Crippen molar-refractivity contribution in [1.82, 2.24) is 18.3 Å². The van der Waals surface area contributed by atoms with E-state index in [1.165, 1.54) is 108 Å². The lowest BCUT2D eigenvalue weighted by atomic mass is 9.96. The van der Waals surface area contributed by atoms with Gasteiger partial charge in [0, 0.05) is 120 Å². The Labute approximate surface area is 749 Å². The highest BCUT2D eigenvalue weighted by Crippen LogP contribution is 2.47. The minimum absolute atomic E-state index is 0. The van der Waals surface area contributed by atoms with Gasteiger partial charge < -0.3 is 39.1 Å². The van der Waals surface area contributed by atoms with E-state index in [1.54, 1.807) is 12.1 Å². The van der Waals surface area contributed by atoms with E-state index in [1.807, 2.05) is 42.5 Å². The fraction of sp³-hybridized carbons (Fsp3) is 0.00885. The molecule has 624 valence electrons. The smallest absolute Gasteiger partial charge is 0.123 e. The monoisotopic (exact) mass is 1790 g/mol. The maximum Gasteiger partial charge on any atom is 0.123 e. The first-order valence-electron chi connectivity index (χ1n) is 41.3. The van der Waals surface area contributed by atoms with Gasteiger partial charge in [-0.05, 0) is 300 Å². The molecule has 23 rings (SSSR count). The third-order valence-electron chi connectivity index (χ3n) is 22.9. The van der Waals surface area contributed by atoms with Gasteiger partial charge in [-0.15, -0.1) is 0 Å².